The minimum absolute atomic E-state index is 0.261. The first-order valence-electron chi connectivity index (χ1n) is 6.47. The quantitative estimate of drug-likeness (QED) is 0.889. The zero-order valence-electron chi connectivity index (χ0n) is 10.8. The fourth-order valence-corrected chi connectivity index (χ4v) is 2.63. The zero-order valence-corrected chi connectivity index (χ0v) is 10.8. The van der Waals surface area contributed by atoms with Crippen LogP contribution in [-0.4, -0.2) is 13.6 Å². The summed E-state index contributed by atoms with van der Waals surface area (Å²) in [7, 11) is 1.94. The Bertz CT molecular complexity index is 597. The maximum absolute atomic E-state index is 13.4. The predicted molar refractivity (Wildman–Crippen MR) is 73.3 cm³/mol. The molecule has 98 valence electrons. The molecule has 0 spiro atoms. The van der Waals surface area contributed by atoms with Crippen LogP contribution in [0.2, 0.25) is 0 Å². The van der Waals surface area contributed by atoms with E-state index in [1.165, 1.54) is 17.7 Å². The van der Waals surface area contributed by atoms with Crippen molar-refractivity contribution in [1.29, 1.82) is 0 Å². The van der Waals surface area contributed by atoms with Crippen molar-refractivity contribution < 1.29 is 9.13 Å². The van der Waals surface area contributed by atoms with Gasteiger partial charge in [-0.1, -0.05) is 24.3 Å². The van der Waals surface area contributed by atoms with E-state index in [-0.39, 0.29) is 5.82 Å². The molecule has 0 aromatic heterocycles. The molecule has 2 aromatic rings. The van der Waals surface area contributed by atoms with E-state index in [0.29, 0.717) is 11.7 Å². The smallest absolute Gasteiger partial charge is 0.133 e. The molecule has 0 bridgehead atoms. The molecule has 2 nitrogen and oxygen atoms in total. The summed E-state index contributed by atoms with van der Waals surface area (Å²) in [6.45, 7) is 0.872. The van der Waals surface area contributed by atoms with E-state index < -0.39 is 0 Å². The lowest BCUT2D eigenvalue weighted by atomic mass is 9.92. The number of benzene rings is 2. The highest BCUT2D eigenvalue weighted by Crippen LogP contribution is 2.39. The minimum Gasteiger partial charge on any atom is -0.457 e. The lowest BCUT2D eigenvalue weighted by Crippen LogP contribution is -2.18. The third-order valence-electron chi connectivity index (χ3n) is 3.52. The average Bonchev–Trinajstić information content (AvgIpc) is 2.56. The van der Waals surface area contributed by atoms with Crippen LogP contribution in [0.5, 0.6) is 11.5 Å². The van der Waals surface area contributed by atoms with Crippen molar-refractivity contribution in [2.75, 3.05) is 13.6 Å². The van der Waals surface area contributed by atoms with Crippen LogP contribution in [0.25, 0.3) is 0 Å². The second kappa shape index (κ2) is 5.02. The Balaban J connectivity index is 2.09. The highest BCUT2D eigenvalue weighted by Gasteiger charge is 2.22. The van der Waals surface area contributed by atoms with Gasteiger partial charge in [-0.05, 0) is 36.7 Å². The lowest BCUT2D eigenvalue weighted by molar-refractivity contribution is 0.472. The first-order chi connectivity index (χ1) is 9.28. The van der Waals surface area contributed by atoms with Crippen molar-refractivity contribution in [3.63, 3.8) is 0 Å². The largest absolute Gasteiger partial charge is 0.457 e. The van der Waals surface area contributed by atoms with E-state index in [9.17, 15) is 4.39 Å². The van der Waals surface area contributed by atoms with Crippen LogP contribution in [-0.2, 0) is 6.42 Å². The number of nitrogens with one attached hydrogen (secondary N) is 1. The molecular weight excluding hydrogens is 241 g/mol. The summed E-state index contributed by atoms with van der Waals surface area (Å²) in [5, 5.41) is 3.22. The molecule has 0 radical (unpaired) electrons. The molecule has 3 heteroatoms. The van der Waals surface area contributed by atoms with Crippen LogP contribution in [0, 0.1) is 5.82 Å². The van der Waals surface area contributed by atoms with Gasteiger partial charge >= 0.3 is 0 Å². The first kappa shape index (κ1) is 12.2. The summed E-state index contributed by atoms with van der Waals surface area (Å²) >= 11 is 0. The van der Waals surface area contributed by atoms with Gasteiger partial charge in [0.2, 0.25) is 0 Å². The molecule has 0 saturated carbocycles. The topological polar surface area (TPSA) is 21.3 Å². The third kappa shape index (κ3) is 2.34. The SMILES string of the molecule is CNC[C@H]1Cc2ccc(F)cc2Oc2ccccc21. The first-order valence-corrected chi connectivity index (χ1v) is 6.47. The van der Waals surface area contributed by atoms with Gasteiger partial charge in [0.15, 0.2) is 0 Å². The maximum Gasteiger partial charge on any atom is 0.133 e. The standard InChI is InChI=1S/C16H16FNO/c1-18-10-12-8-11-6-7-13(17)9-16(11)19-15-5-3-2-4-14(12)15/h2-7,9,12,18H,8,10H2,1H3/t12-/m1/s1. The molecule has 1 aliphatic rings. The zero-order chi connectivity index (χ0) is 13.2. The molecule has 19 heavy (non-hydrogen) atoms. The highest BCUT2D eigenvalue weighted by atomic mass is 19.1. The van der Waals surface area contributed by atoms with Crippen LogP contribution < -0.4 is 10.1 Å². The molecule has 0 unspecified atom stereocenters. The second-order valence-corrected chi connectivity index (χ2v) is 4.85. The molecule has 1 N–H and O–H groups in total. The van der Waals surface area contributed by atoms with Crippen LogP contribution in [0.3, 0.4) is 0 Å². The predicted octanol–water partition coefficient (Wildman–Crippen LogP) is 3.48. The Morgan fingerprint density at radius 1 is 1.21 bits per heavy atom. The highest BCUT2D eigenvalue weighted by molar-refractivity contribution is 5.47. The number of halogens is 1. The van der Waals surface area contributed by atoms with Gasteiger partial charge in [-0.25, -0.2) is 4.39 Å². The molecule has 0 saturated heterocycles. The van der Waals surface area contributed by atoms with E-state index in [0.717, 1.165) is 24.3 Å². The summed E-state index contributed by atoms with van der Waals surface area (Å²) in [4.78, 5) is 0. The number of para-hydroxylation sites is 1. The summed E-state index contributed by atoms with van der Waals surface area (Å²) in [6.07, 6.45) is 0.855. The summed E-state index contributed by atoms with van der Waals surface area (Å²) < 4.78 is 19.2. The molecule has 1 atom stereocenters. The van der Waals surface area contributed by atoms with Crippen molar-refractivity contribution >= 4 is 0 Å². The van der Waals surface area contributed by atoms with Crippen LogP contribution in [0.4, 0.5) is 4.39 Å². The van der Waals surface area contributed by atoms with Gasteiger partial charge in [0, 0.05) is 18.5 Å². The number of hydrogen-bond donors (Lipinski definition) is 1. The summed E-state index contributed by atoms with van der Waals surface area (Å²) in [5.74, 6) is 1.54. The lowest BCUT2D eigenvalue weighted by Gasteiger charge is -2.15. The molecule has 1 heterocycles. The minimum atomic E-state index is -0.261. The molecular formula is C16H16FNO. The Hall–Kier alpha value is -1.87. The molecule has 3 rings (SSSR count). The maximum atomic E-state index is 13.4. The average molecular weight is 257 g/mol. The van der Waals surface area contributed by atoms with E-state index in [2.05, 4.69) is 11.4 Å². The Labute approximate surface area is 112 Å². The normalized spacial score (nSPS) is 17.1. The second-order valence-electron chi connectivity index (χ2n) is 4.85. The van der Waals surface area contributed by atoms with Crippen LogP contribution in [0.15, 0.2) is 42.5 Å². The fourth-order valence-electron chi connectivity index (χ4n) is 2.63. The number of hydrogen-bond acceptors (Lipinski definition) is 2. The monoisotopic (exact) mass is 257 g/mol. The van der Waals surface area contributed by atoms with E-state index in [1.54, 1.807) is 0 Å². The Morgan fingerprint density at radius 2 is 2.05 bits per heavy atom. The van der Waals surface area contributed by atoms with Crippen molar-refractivity contribution in [3.05, 3.63) is 59.4 Å². The van der Waals surface area contributed by atoms with Gasteiger partial charge in [-0.2, -0.15) is 0 Å². The number of rotatable bonds is 2. The van der Waals surface area contributed by atoms with Crippen molar-refractivity contribution in [2.24, 2.45) is 0 Å². The van der Waals surface area contributed by atoms with Gasteiger partial charge in [0.05, 0.1) is 0 Å². The van der Waals surface area contributed by atoms with Gasteiger partial charge in [-0.3, -0.25) is 0 Å². The summed E-state index contributed by atoms with van der Waals surface area (Å²) in [6, 6.07) is 12.8. The fraction of sp³-hybridized carbons (Fsp3) is 0.250. The number of ether oxygens (including phenoxy) is 1. The third-order valence-corrected chi connectivity index (χ3v) is 3.52. The van der Waals surface area contributed by atoms with E-state index in [4.69, 9.17) is 4.74 Å². The van der Waals surface area contributed by atoms with Crippen molar-refractivity contribution in [3.8, 4) is 11.5 Å². The van der Waals surface area contributed by atoms with Crippen molar-refractivity contribution in [2.45, 2.75) is 12.3 Å². The van der Waals surface area contributed by atoms with Gasteiger partial charge < -0.3 is 10.1 Å². The van der Waals surface area contributed by atoms with Gasteiger partial charge in [0.1, 0.15) is 17.3 Å². The number of fused-ring (bicyclic) bond motifs is 2. The van der Waals surface area contributed by atoms with Crippen LogP contribution >= 0.6 is 0 Å². The molecule has 0 fully saturated rings. The Morgan fingerprint density at radius 3 is 2.89 bits per heavy atom. The van der Waals surface area contributed by atoms with E-state index in [1.807, 2.05) is 31.3 Å². The van der Waals surface area contributed by atoms with E-state index >= 15 is 0 Å². The van der Waals surface area contributed by atoms with Gasteiger partial charge in [0.25, 0.3) is 0 Å². The van der Waals surface area contributed by atoms with Crippen molar-refractivity contribution in [1.82, 2.24) is 5.32 Å². The summed E-state index contributed by atoms with van der Waals surface area (Å²) in [5.41, 5.74) is 2.23. The van der Waals surface area contributed by atoms with Crippen LogP contribution in [0.1, 0.15) is 17.0 Å². The molecule has 0 aliphatic carbocycles. The number of likely N-dealkylation sites (N-methyl/N-ethyl adjacent to an activating group) is 1. The molecule has 1 aliphatic heterocycles. The Kier molecular flexibility index (Phi) is 3.22. The molecule has 2 aromatic carbocycles. The van der Waals surface area contributed by atoms with Gasteiger partial charge in [-0.15, -0.1) is 0 Å². The molecule has 0 amide bonds.